The molecule has 2 amide bonds. The maximum absolute atomic E-state index is 12.1. The molecule has 1 fully saturated rings. The van der Waals surface area contributed by atoms with E-state index in [2.05, 4.69) is 5.32 Å². The molecule has 0 bridgehead atoms. The Morgan fingerprint density at radius 2 is 2.14 bits per heavy atom. The molecule has 0 radical (unpaired) electrons. The number of fused-ring (bicyclic) bond motifs is 1. The highest BCUT2D eigenvalue weighted by Crippen LogP contribution is 2.27. The lowest BCUT2D eigenvalue weighted by Crippen LogP contribution is -2.34. The highest BCUT2D eigenvalue weighted by molar-refractivity contribution is 5.96. The van der Waals surface area contributed by atoms with E-state index in [1.54, 1.807) is 0 Å². The highest BCUT2D eigenvalue weighted by atomic mass is 35.5. The number of halogens is 1. The molecule has 120 valence electrons. The molecule has 2 heterocycles. The largest absolute Gasteiger partial charge is 0.341 e. The van der Waals surface area contributed by atoms with E-state index in [0.29, 0.717) is 19.4 Å². The predicted molar refractivity (Wildman–Crippen MR) is 87.9 cm³/mol. The third-order valence-electron chi connectivity index (χ3n) is 4.40. The fourth-order valence-corrected chi connectivity index (χ4v) is 3.12. The van der Waals surface area contributed by atoms with Crippen LogP contribution in [0.15, 0.2) is 24.3 Å². The van der Waals surface area contributed by atoms with Gasteiger partial charge in [-0.25, -0.2) is 0 Å². The Morgan fingerprint density at radius 3 is 2.86 bits per heavy atom. The summed E-state index contributed by atoms with van der Waals surface area (Å²) in [7, 11) is 0. The number of nitrogens with two attached hydrogens (primary N) is 1. The van der Waals surface area contributed by atoms with Crippen molar-refractivity contribution >= 4 is 29.9 Å². The van der Waals surface area contributed by atoms with E-state index >= 15 is 0 Å². The first-order valence-corrected chi connectivity index (χ1v) is 7.55. The topological polar surface area (TPSA) is 75.4 Å². The lowest BCUT2D eigenvalue weighted by molar-refractivity contribution is -0.130. The summed E-state index contributed by atoms with van der Waals surface area (Å²) in [4.78, 5) is 26.0. The lowest BCUT2D eigenvalue weighted by atomic mass is 9.89. The van der Waals surface area contributed by atoms with Crippen LogP contribution in [0.2, 0.25) is 0 Å². The van der Waals surface area contributed by atoms with Gasteiger partial charge in [-0.15, -0.1) is 12.4 Å². The smallest absolute Gasteiger partial charge is 0.227 e. The van der Waals surface area contributed by atoms with E-state index < -0.39 is 0 Å². The molecule has 0 aromatic heterocycles. The highest BCUT2D eigenvalue weighted by Gasteiger charge is 2.28. The Kier molecular flexibility index (Phi) is 5.42. The molecule has 0 saturated carbocycles. The minimum atomic E-state index is -0.111. The van der Waals surface area contributed by atoms with Crippen molar-refractivity contribution in [3.8, 4) is 0 Å². The van der Waals surface area contributed by atoms with E-state index in [1.165, 1.54) is 0 Å². The first-order chi connectivity index (χ1) is 10.1. The summed E-state index contributed by atoms with van der Waals surface area (Å²) in [5.74, 6) is 0.0364. The summed E-state index contributed by atoms with van der Waals surface area (Å²) in [5.41, 5.74) is 7.87. The number of nitrogens with one attached hydrogen (secondary N) is 1. The standard InChI is InChI=1S/C16H21N3O2.ClH/c17-13-7-8-19(10-13)15(20)6-5-12-9-11-3-1-2-4-14(11)18-16(12)21;/h1-4,12-13H,5-10,17H2,(H,18,21);1H/t12?,13-;/m1./s1. The van der Waals surface area contributed by atoms with Gasteiger partial charge in [-0.05, 0) is 30.9 Å². The molecule has 2 atom stereocenters. The second-order valence-corrected chi connectivity index (χ2v) is 5.97. The Hall–Kier alpha value is -1.59. The van der Waals surface area contributed by atoms with E-state index in [4.69, 9.17) is 5.73 Å². The average Bonchev–Trinajstić information content (AvgIpc) is 2.91. The molecule has 5 nitrogen and oxygen atoms in total. The molecule has 0 aliphatic carbocycles. The van der Waals surface area contributed by atoms with Gasteiger partial charge in [-0.2, -0.15) is 0 Å². The third kappa shape index (κ3) is 3.59. The molecule has 22 heavy (non-hydrogen) atoms. The normalized spacial score (nSPS) is 23.5. The molecule has 3 N–H and O–H groups in total. The Labute approximate surface area is 136 Å². The summed E-state index contributed by atoms with van der Waals surface area (Å²) in [6.45, 7) is 1.40. The first kappa shape index (κ1) is 16.8. The van der Waals surface area contributed by atoms with E-state index in [9.17, 15) is 9.59 Å². The molecule has 1 aromatic rings. The number of benzene rings is 1. The van der Waals surface area contributed by atoms with Gasteiger partial charge >= 0.3 is 0 Å². The van der Waals surface area contributed by atoms with Crippen molar-refractivity contribution in [3.05, 3.63) is 29.8 Å². The van der Waals surface area contributed by atoms with Gasteiger partial charge in [0.1, 0.15) is 0 Å². The molecule has 0 spiro atoms. The van der Waals surface area contributed by atoms with Crippen molar-refractivity contribution in [2.45, 2.75) is 31.7 Å². The Balaban J connectivity index is 0.00000176. The van der Waals surface area contributed by atoms with Crippen molar-refractivity contribution in [1.82, 2.24) is 4.90 Å². The number of rotatable bonds is 3. The Morgan fingerprint density at radius 1 is 1.36 bits per heavy atom. The van der Waals surface area contributed by atoms with Crippen LogP contribution in [0.4, 0.5) is 5.69 Å². The van der Waals surface area contributed by atoms with Gasteiger partial charge in [0.05, 0.1) is 0 Å². The van der Waals surface area contributed by atoms with Crippen LogP contribution in [0, 0.1) is 5.92 Å². The summed E-state index contributed by atoms with van der Waals surface area (Å²) in [5, 5.41) is 2.93. The summed E-state index contributed by atoms with van der Waals surface area (Å²) in [6, 6.07) is 7.95. The zero-order valence-electron chi connectivity index (χ0n) is 12.5. The predicted octanol–water partition coefficient (Wildman–Crippen LogP) is 1.56. The number of hydrogen-bond acceptors (Lipinski definition) is 3. The summed E-state index contributed by atoms with van der Waals surface area (Å²) < 4.78 is 0. The first-order valence-electron chi connectivity index (χ1n) is 7.55. The second-order valence-electron chi connectivity index (χ2n) is 5.97. The monoisotopic (exact) mass is 323 g/mol. The van der Waals surface area contributed by atoms with Crippen LogP contribution in [-0.2, 0) is 16.0 Å². The van der Waals surface area contributed by atoms with Crippen molar-refractivity contribution < 1.29 is 9.59 Å². The van der Waals surface area contributed by atoms with Gasteiger partial charge in [-0.1, -0.05) is 18.2 Å². The van der Waals surface area contributed by atoms with Gasteiger partial charge in [0.15, 0.2) is 0 Å². The number of para-hydroxylation sites is 1. The number of amides is 2. The average molecular weight is 324 g/mol. The SMILES string of the molecule is Cl.N[C@@H]1CCN(C(=O)CCC2Cc3ccccc3NC2=O)C1. The van der Waals surface area contributed by atoms with E-state index in [1.807, 2.05) is 29.2 Å². The molecule has 3 rings (SSSR count). The molecule has 1 aromatic carbocycles. The minimum absolute atomic E-state index is 0. The van der Waals surface area contributed by atoms with Crippen LogP contribution in [-0.4, -0.2) is 35.8 Å². The third-order valence-corrected chi connectivity index (χ3v) is 4.40. The fourth-order valence-electron chi connectivity index (χ4n) is 3.12. The van der Waals surface area contributed by atoms with Gasteiger partial charge in [-0.3, -0.25) is 9.59 Å². The van der Waals surface area contributed by atoms with E-state index in [0.717, 1.165) is 30.6 Å². The van der Waals surface area contributed by atoms with Crippen molar-refractivity contribution in [3.63, 3.8) is 0 Å². The quantitative estimate of drug-likeness (QED) is 0.886. The number of carbonyl (C=O) groups excluding carboxylic acids is 2. The van der Waals surface area contributed by atoms with Crippen LogP contribution in [0.3, 0.4) is 0 Å². The fraction of sp³-hybridized carbons (Fsp3) is 0.500. The van der Waals surface area contributed by atoms with Crippen molar-refractivity contribution in [1.29, 1.82) is 0 Å². The van der Waals surface area contributed by atoms with Crippen LogP contribution < -0.4 is 11.1 Å². The molecule has 2 aliphatic heterocycles. The number of likely N-dealkylation sites (tertiary alicyclic amines) is 1. The number of hydrogen-bond donors (Lipinski definition) is 2. The second kappa shape index (κ2) is 7.11. The molecule has 6 heteroatoms. The van der Waals surface area contributed by atoms with Crippen LogP contribution in [0.25, 0.3) is 0 Å². The maximum atomic E-state index is 12.1. The van der Waals surface area contributed by atoms with Gasteiger partial charge < -0.3 is 16.0 Å². The van der Waals surface area contributed by atoms with Gasteiger partial charge in [0.25, 0.3) is 0 Å². The lowest BCUT2D eigenvalue weighted by Gasteiger charge is -2.25. The van der Waals surface area contributed by atoms with Gasteiger partial charge in [0.2, 0.25) is 11.8 Å². The molecular formula is C16H22ClN3O2. The number of nitrogens with zero attached hydrogens (tertiary/aromatic N) is 1. The Bertz CT molecular complexity index is 564. The zero-order valence-corrected chi connectivity index (χ0v) is 13.3. The number of carbonyl (C=O) groups is 2. The van der Waals surface area contributed by atoms with E-state index in [-0.39, 0.29) is 36.2 Å². The summed E-state index contributed by atoms with van der Waals surface area (Å²) in [6.07, 6.45) is 2.62. The molecule has 1 unspecified atom stereocenters. The molecule has 1 saturated heterocycles. The van der Waals surface area contributed by atoms with Crippen LogP contribution in [0.1, 0.15) is 24.8 Å². The maximum Gasteiger partial charge on any atom is 0.227 e. The van der Waals surface area contributed by atoms with Crippen molar-refractivity contribution in [2.75, 3.05) is 18.4 Å². The van der Waals surface area contributed by atoms with Gasteiger partial charge in [0, 0.05) is 37.2 Å². The summed E-state index contributed by atoms with van der Waals surface area (Å²) >= 11 is 0. The minimum Gasteiger partial charge on any atom is -0.341 e. The van der Waals surface area contributed by atoms with Crippen LogP contribution in [0.5, 0.6) is 0 Å². The zero-order chi connectivity index (χ0) is 14.8. The van der Waals surface area contributed by atoms with Crippen molar-refractivity contribution in [2.24, 2.45) is 11.7 Å². The number of anilines is 1. The molecular weight excluding hydrogens is 302 g/mol. The molecule has 2 aliphatic rings. The van der Waals surface area contributed by atoms with Crippen LogP contribution >= 0.6 is 12.4 Å².